The van der Waals surface area contributed by atoms with Gasteiger partial charge in [-0.05, 0) is 76.9 Å². The predicted octanol–water partition coefficient (Wildman–Crippen LogP) is 16.2. The second-order valence-corrected chi connectivity index (χ2v) is 16.1. The van der Waals surface area contributed by atoms with Gasteiger partial charge in [0.1, 0.15) is 16.7 Å². The average molecular weight is 787 g/mol. The molecule has 9 aromatic carbocycles. The van der Waals surface area contributed by atoms with Crippen LogP contribution >= 0.6 is 11.3 Å². The van der Waals surface area contributed by atoms with Gasteiger partial charge in [-0.1, -0.05) is 146 Å². The highest BCUT2D eigenvalue weighted by Crippen LogP contribution is 2.45. The van der Waals surface area contributed by atoms with E-state index in [0.29, 0.717) is 11.5 Å². The second-order valence-electron chi connectivity index (χ2n) is 15.1. The van der Waals surface area contributed by atoms with Gasteiger partial charge in [0.2, 0.25) is 5.89 Å². The van der Waals surface area contributed by atoms with E-state index in [4.69, 9.17) is 13.8 Å². The highest BCUT2D eigenvalue weighted by atomic mass is 32.1. The first-order valence-corrected chi connectivity index (χ1v) is 20.9. The molecule has 0 amide bonds. The Morgan fingerprint density at radius 3 is 1.75 bits per heavy atom. The van der Waals surface area contributed by atoms with Crippen LogP contribution in [0.15, 0.2) is 215 Å². The molecular formula is C55H34N2O2S. The zero-order valence-electron chi connectivity index (χ0n) is 32.2. The summed E-state index contributed by atoms with van der Waals surface area (Å²) >= 11 is 1.86. The third kappa shape index (κ3) is 5.70. The fraction of sp³-hybridized carbons (Fsp3) is 0. The fourth-order valence-electron chi connectivity index (χ4n) is 8.66. The molecule has 3 heterocycles. The summed E-state index contributed by atoms with van der Waals surface area (Å²) in [6.45, 7) is 0. The van der Waals surface area contributed by atoms with Gasteiger partial charge in [0.15, 0.2) is 5.58 Å². The number of hydrogen-bond acceptors (Lipinski definition) is 5. The third-order valence-electron chi connectivity index (χ3n) is 11.5. The zero-order valence-corrected chi connectivity index (χ0v) is 33.1. The summed E-state index contributed by atoms with van der Waals surface area (Å²) in [6, 6.07) is 72.9. The third-order valence-corrected chi connectivity index (χ3v) is 12.8. The molecule has 0 spiro atoms. The van der Waals surface area contributed by atoms with E-state index >= 15 is 0 Å². The molecule has 0 saturated carbocycles. The topological polar surface area (TPSA) is 42.4 Å². The minimum Gasteiger partial charge on any atom is -0.455 e. The standard InChI is InChI=1S/C55H34N2O2S/c1-3-13-35(14-4-1)41-17-7-9-23-49(41)57(40-31-27-37(28-32-40)43-20-12-22-46-44-18-8-10-24-52(44)60-54(43)46)39-29-25-36(26-30-39)42-19-11-21-45-47-33-48-51(34-50(47)58-53(42)45)59-55(56-48)38-15-5-2-6-16-38/h1-34H. The monoisotopic (exact) mass is 786 g/mol. The van der Waals surface area contributed by atoms with Crippen molar-refractivity contribution in [1.82, 2.24) is 4.98 Å². The molecule has 3 aromatic heterocycles. The van der Waals surface area contributed by atoms with Crippen LogP contribution in [0.3, 0.4) is 0 Å². The second kappa shape index (κ2) is 14.0. The molecule has 0 saturated heterocycles. The van der Waals surface area contributed by atoms with Gasteiger partial charge in [0.25, 0.3) is 0 Å². The van der Waals surface area contributed by atoms with E-state index in [1.54, 1.807) is 0 Å². The molecule has 0 aliphatic rings. The molecule has 0 atom stereocenters. The molecule has 0 aliphatic carbocycles. The Bertz CT molecular complexity index is 3530. The summed E-state index contributed by atoms with van der Waals surface area (Å²) in [5.74, 6) is 0.601. The number of nitrogens with zero attached hydrogens (tertiary/aromatic N) is 2. The van der Waals surface area contributed by atoms with Crippen molar-refractivity contribution in [3.05, 3.63) is 206 Å². The van der Waals surface area contributed by atoms with Crippen LogP contribution in [0.5, 0.6) is 0 Å². The Morgan fingerprint density at radius 2 is 0.983 bits per heavy atom. The smallest absolute Gasteiger partial charge is 0.227 e. The zero-order chi connectivity index (χ0) is 39.6. The number of oxazole rings is 1. The molecule has 282 valence electrons. The normalized spacial score (nSPS) is 11.7. The van der Waals surface area contributed by atoms with Gasteiger partial charge in [-0.2, -0.15) is 0 Å². The highest BCUT2D eigenvalue weighted by Gasteiger charge is 2.20. The van der Waals surface area contributed by atoms with Crippen LogP contribution in [0.1, 0.15) is 0 Å². The van der Waals surface area contributed by atoms with Gasteiger partial charge in [0, 0.05) is 65.1 Å². The molecule has 4 nitrogen and oxygen atoms in total. The lowest BCUT2D eigenvalue weighted by Gasteiger charge is -2.28. The lowest BCUT2D eigenvalue weighted by atomic mass is 9.99. The van der Waals surface area contributed by atoms with Crippen LogP contribution in [0.25, 0.3) is 98.0 Å². The van der Waals surface area contributed by atoms with Gasteiger partial charge < -0.3 is 13.7 Å². The molecule has 0 bridgehead atoms. The van der Waals surface area contributed by atoms with Crippen LogP contribution < -0.4 is 4.90 Å². The summed E-state index contributed by atoms with van der Waals surface area (Å²) in [5.41, 5.74) is 14.2. The maximum absolute atomic E-state index is 6.64. The van der Waals surface area contributed by atoms with E-state index in [0.717, 1.165) is 72.3 Å². The Labute approximate surface area is 349 Å². The number of fused-ring (bicyclic) bond motifs is 7. The first-order valence-electron chi connectivity index (χ1n) is 20.1. The van der Waals surface area contributed by atoms with E-state index in [-0.39, 0.29) is 0 Å². The Kier molecular flexibility index (Phi) is 8.00. The minimum atomic E-state index is 0.601. The minimum absolute atomic E-state index is 0.601. The molecule has 5 heteroatoms. The Morgan fingerprint density at radius 1 is 0.400 bits per heavy atom. The van der Waals surface area contributed by atoms with Crippen molar-refractivity contribution in [2.45, 2.75) is 0 Å². The van der Waals surface area contributed by atoms with Gasteiger partial charge in [0.05, 0.1) is 5.69 Å². The fourth-order valence-corrected chi connectivity index (χ4v) is 9.90. The molecule has 0 radical (unpaired) electrons. The molecule has 0 fully saturated rings. The predicted molar refractivity (Wildman–Crippen MR) is 251 cm³/mol. The van der Waals surface area contributed by atoms with Gasteiger partial charge in [-0.15, -0.1) is 11.3 Å². The maximum Gasteiger partial charge on any atom is 0.227 e. The quantitative estimate of drug-likeness (QED) is 0.161. The summed E-state index contributed by atoms with van der Waals surface area (Å²) in [4.78, 5) is 7.19. The van der Waals surface area contributed by atoms with Crippen molar-refractivity contribution in [2.24, 2.45) is 0 Å². The van der Waals surface area contributed by atoms with Gasteiger partial charge in [-0.3, -0.25) is 0 Å². The van der Waals surface area contributed by atoms with E-state index in [2.05, 4.69) is 175 Å². The largest absolute Gasteiger partial charge is 0.455 e. The lowest BCUT2D eigenvalue weighted by molar-refractivity contribution is 0.617. The van der Waals surface area contributed by atoms with Crippen LogP contribution in [-0.2, 0) is 0 Å². The maximum atomic E-state index is 6.64. The SMILES string of the molecule is c1ccc(-c2nc3cc4c(cc3o2)oc2c(-c3ccc(N(c5ccc(-c6cccc7c6sc6ccccc67)cc5)c5ccccc5-c5ccccc5)cc3)cccc24)cc1. The van der Waals surface area contributed by atoms with Crippen molar-refractivity contribution >= 4 is 81.6 Å². The summed E-state index contributed by atoms with van der Waals surface area (Å²) in [6.07, 6.45) is 0. The van der Waals surface area contributed by atoms with Crippen LogP contribution in [-0.4, -0.2) is 4.98 Å². The molecular weight excluding hydrogens is 753 g/mol. The van der Waals surface area contributed by atoms with Crippen molar-refractivity contribution < 1.29 is 8.83 Å². The number of thiophene rings is 1. The van der Waals surface area contributed by atoms with E-state index in [1.165, 1.54) is 31.3 Å². The van der Waals surface area contributed by atoms with Crippen LogP contribution in [0.4, 0.5) is 17.1 Å². The number of hydrogen-bond donors (Lipinski definition) is 0. The molecule has 0 N–H and O–H groups in total. The van der Waals surface area contributed by atoms with E-state index in [9.17, 15) is 0 Å². The van der Waals surface area contributed by atoms with Gasteiger partial charge in [-0.25, -0.2) is 4.98 Å². The van der Waals surface area contributed by atoms with Crippen LogP contribution in [0.2, 0.25) is 0 Å². The average Bonchev–Trinajstić information content (AvgIpc) is 4.03. The lowest BCUT2D eigenvalue weighted by Crippen LogP contribution is -2.11. The number of furan rings is 1. The molecule has 12 aromatic rings. The highest BCUT2D eigenvalue weighted by molar-refractivity contribution is 7.26. The number of benzene rings is 9. The number of aromatic nitrogens is 1. The van der Waals surface area contributed by atoms with Crippen molar-refractivity contribution in [2.75, 3.05) is 4.90 Å². The number of para-hydroxylation sites is 2. The van der Waals surface area contributed by atoms with E-state index in [1.807, 2.05) is 47.7 Å². The summed E-state index contributed by atoms with van der Waals surface area (Å²) in [5, 5.41) is 4.67. The molecule has 12 rings (SSSR count). The first kappa shape index (κ1) is 34.3. The van der Waals surface area contributed by atoms with Crippen molar-refractivity contribution in [1.29, 1.82) is 0 Å². The molecule has 0 unspecified atom stereocenters. The summed E-state index contributed by atoms with van der Waals surface area (Å²) < 4.78 is 15.5. The van der Waals surface area contributed by atoms with Crippen molar-refractivity contribution in [3.8, 4) is 44.8 Å². The number of anilines is 3. The molecule has 0 aliphatic heterocycles. The van der Waals surface area contributed by atoms with E-state index < -0.39 is 0 Å². The summed E-state index contributed by atoms with van der Waals surface area (Å²) in [7, 11) is 0. The molecule has 60 heavy (non-hydrogen) atoms. The Balaban J connectivity index is 0.947. The first-order chi connectivity index (χ1) is 29.7. The van der Waals surface area contributed by atoms with Crippen LogP contribution in [0, 0.1) is 0 Å². The van der Waals surface area contributed by atoms with Crippen molar-refractivity contribution in [3.63, 3.8) is 0 Å². The van der Waals surface area contributed by atoms with Gasteiger partial charge >= 0.3 is 0 Å². The number of rotatable bonds is 7. The Hall–Kier alpha value is -7.73.